The summed E-state index contributed by atoms with van der Waals surface area (Å²) in [7, 11) is 0. The molecule has 2 N–H and O–H groups in total. The highest BCUT2D eigenvalue weighted by Gasteiger charge is 2.31. The van der Waals surface area contributed by atoms with Crippen molar-refractivity contribution in [2.24, 2.45) is 0 Å². The van der Waals surface area contributed by atoms with Crippen molar-refractivity contribution in [2.75, 3.05) is 23.3 Å². The fraction of sp³-hybridized carbons (Fsp3) is 0.391. The number of hydrogen-bond acceptors (Lipinski definition) is 6. The van der Waals surface area contributed by atoms with Crippen molar-refractivity contribution < 1.29 is 18.0 Å². The minimum absolute atomic E-state index is 0.0627. The number of carbonyl (C=O) groups is 1. The number of hydrogen-bond donors (Lipinski definition) is 2. The van der Waals surface area contributed by atoms with Crippen molar-refractivity contribution in [1.82, 2.24) is 20.3 Å². The van der Waals surface area contributed by atoms with Crippen LogP contribution in [-0.4, -0.2) is 40.0 Å². The van der Waals surface area contributed by atoms with Gasteiger partial charge in [0.05, 0.1) is 17.3 Å². The smallest absolute Gasteiger partial charge is 0.363 e. The summed E-state index contributed by atoms with van der Waals surface area (Å²) < 4.78 is 39.4. The number of pyridine rings is 1. The quantitative estimate of drug-likeness (QED) is 0.595. The number of alkyl halides is 3. The van der Waals surface area contributed by atoms with Crippen LogP contribution in [0.5, 0.6) is 0 Å². The minimum atomic E-state index is -4.40. The number of fused-ring (bicyclic) bond motifs is 1. The number of aryl methyl sites for hydroxylation is 1. The molecule has 2 atom stereocenters. The normalized spacial score (nSPS) is 17.3. The number of benzene rings is 1. The van der Waals surface area contributed by atoms with Gasteiger partial charge in [0.25, 0.3) is 0 Å². The van der Waals surface area contributed by atoms with Crippen molar-refractivity contribution in [3.05, 3.63) is 53.5 Å². The zero-order chi connectivity index (χ0) is 23.8. The van der Waals surface area contributed by atoms with E-state index >= 15 is 0 Å². The second-order valence-corrected chi connectivity index (χ2v) is 8.30. The Balaban J connectivity index is 1.62. The average molecular weight is 458 g/mol. The van der Waals surface area contributed by atoms with Crippen molar-refractivity contribution in [3.8, 4) is 0 Å². The summed E-state index contributed by atoms with van der Waals surface area (Å²) in [6, 6.07) is 6.79. The standard InChI is InChI=1S/C23H25F3N6O/c1-13(16-5-4-6-17(9-16)23(24,25)26)28-22-19-10-21(27-11-20(19)29-14(2)30-22)32-8-7-18(12-32)31-15(3)33/h4-6,9-11,13,18H,7-8,12H2,1-3H3,(H,31,33)(H,28,29,30)/t13?,18-/m0/s1. The molecule has 33 heavy (non-hydrogen) atoms. The zero-order valence-corrected chi connectivity index (χ0v) is 18.6. The van der Waals surface area contributed by atoms with E-state index in [-0.39, 0.29) is 11.9 Å². The lowest BCUT2D eigenvalue weighted by Gasteiger charge is -2.20. The van der Waals surface area contributed by atoms with Gasteiger partial charge in [-0.2, -0.15) is 13.2 Å². The second kappa shape index (κ2) is 8.84. The summed E-state index contributed by atoms with van der Waals surface area (Å²) in [6.45, 7) is 6.44. The molecule has 0 radical (unpaired) electrons. The van der Waals surface area contributed by atoms with E-state index in [0.717, 1.165) is 36.3 Å². The summed E-state index contributed by atoms with van der Waals surface area (Å²) in [6.07, 6.45) is -1.91. The molecular formula is C23H25F3N6O. The number of aromatic nitrogens is 3. The molecule has 2 aromatic heterocycles. The van der Waals surface area contributed by atoms with Gasteiger partial charge in [-0.3, -0.25) is 4.79 Å². The van der Waals surface area contributed by atoms with Gasteiger partial charge < -0.3 is 15.5 Å². The van der Waals surface area contributed by atoms with E-state index in [0.29, 0.717) is 29.3 Å². The van der Waals surface area contributed by atoms with Crippen LogP contribution < -0.4 is 15.5 Å². The first-order chi connectivity index (χ1) is 15.6. The van der Waals surface area contributed by atoms with Crippen LogP contribution in [0.1, 0.15) is 43.3 Å². The van der Waals surface area contributed by atoms with E-state index in [1.54, 1.807) is 26.1 Å². The third-order valence-corrected chi connectivity index (χ3v) is 5.67. The highest BCUT2D eigenvalue weighted by atomic mass is 19.4. The molecule has 1 aliphatic rings. The van der Waals surface area contributed by atoms with E-state index in [9.17, 15) is 18.0 Å². The lowest BCUT2D eigenvalue weighted by atomic mass is 10.0. The molecule has 3 aromatic rings. The van der Waals surface area contributed by atoms with Crippen LogP contribution in [-0.2, 0) is 11.0 Å². The molecular weight excluding hydrogens is 433 g/mol. The van der Waals surface area contributed by atoms with E-state index < -0.39 is 17.8 Å². The highest BCUT2D eigenvalue weighted by Crippen LogP contribution is 2.32. The molecule has 4 rings (SSSR count). The van der Waals surface area contributed by atoms with Gasteiger partial charge in [-0.15, -0.1) is 0 Å². The van der Waals surface area contributed by atoms with Crippen LogP contribution >= 0.6 is 0 Å². The van der Waals surface area contributed by atoms with Crippen LogP contribution in [0, 0.1) is 6.92 Å². The first-order valence-corrected chi connectivity index (χ1v) is 10.7. The van der Waals surface area contributed by atoms with E-state index in [2.05, 4.69) is 30.5 Å². The molecule has 7 nitrogen and oxygen atoms in total. The number of halogens is 3. The Kier molecular flexibility index (Phi) is 6.09. The summed E-state index contributed by atoms with van der Waals surface area (Å²) in [5, 5.41) is 6.91. The van der Waals surface area contributed by atoms with Gasteiger partial charge in [0.1, 0.15) is 17.5 Å². The molecule has 1 aromatic carbocycles. The van der Waals surface area contributed by atoms with Crippen LogP contribution in [0.25, 0.3) is 10.9 Å². The molecule has 1 amide bonds. The Hall–Kier alpha value is -3.43. The van der Waals surface area contributed by atoms with Gasteiger partial charge in [0.2, 0.25) is 5.91 Å². The molecule has 3 heterocycles. The molecule has 174 valence electrons. The van der Waals surface area contributed by atoms with Crippen LogP contribution in [0.15, 0.2) is 36.5 Å². The van der Waals surface area contributed by atoms with E-state index in [1.807, 2.05) is 6.07 Å². The first-order valence-electron chi connectivity index (χ1n) is 10.7. The van der Waals surface area contributed by atoms with Crippen LogP contribution in [0.4, 0.5) is 24.8 Å². The lowest BCUT2D eigenvalue weighted by molar-refractivity contribution is -0.137. The molecule has 1 saturated heterocycles. The van der Waals surface area contributed by atoms with E-state index in [1.165, 1.54) is 13.0 Å². The van der Waals surface area contributed by atoms with Crippen molar-refractivity contribution in [1.29, 1.82) is 0 Å². The zero-order valence-electron chi connectivity index (χ0n) is 18.6. The van der Waals surface area contributed by atoms with Crippen LogP contribution in [0.2, 0.25) is 0 Å². The molecule has 1 aliphatic heterocycles. The van der Waals surface area contributed by atoms with Gasteiger partial charge in [0, 0.05) is 37.5 Å². The minimum Gasteiger partial charge on any atom is -0.363 e. The Bertz CT molecular complexity index is 1180. The van der Waals surface area contributed by atoms with Gasteiger partial charge in [-0.05, 0) is 44.0 Å². The number of rotatable bonds is 5. The maximum Gasteiger partial charge on any atom is 0.416 e. The summed E-state index contributed by atoms with van der Waals surface area (Å²) in [5.74, 6) is 1.73. The molecule has 0 bridgehead atoms. The molecule has 10 heteroatoms. The molecule has 0 saturated carbocycles. The summed E-state index contributed by atoms with van der Waals surface area (Å²) in [5.41, 5.74) is 0.454. The van der Waals surface area contributed by atoms with Gasteiger partial charge in [-0.25, -0.2) is 15.0 Å². The largest absolute Gasteiger partial charge is 0.416 e. The van der Waals surface area contributed by atoms with Gasteiger partial charge in [0.15, 0.2) is 0 Å². The third kappa shape index (κ3) is 5.15. The highest BCUT2D eigenvalue weighted by molar-refractivity contribution is 5.90. The van der Waals surface area contributed by atoms with Crippen molar-refractivity contribution in [2.45, 2.75) is 45.5 Å². The number of anilines is 2. The lowest BCUT2D eigenvalue weighted by Crippen LogP contribution is -2.35. The second-order valence-electron chi connectivity index (χ2n) is 8.30. The molecule has 1 fully saturated rings. The fourth-order valence-corrected chi connectivity index (χ4v) is 4.07. The topological polar surface area (TPSA) is 83.0 Å². The predicted molar refractivity (Wildman–Crippen MR) is 120 cm³/mol. The molecule has 1 unspecified atom stereocenters. The number of nitrogens with zero attached hydrogens (tertiary/aromatic N) is 4. The maximum atomic E-state index is 13.1. The Morgan fingerprint density at radius 3 is 2.76 bits per heavy atom. The monoisotopic (exact) mass is 458 g/mol. The summed E-state index contributed by atoms with van der Waals surface area (Å²) in [4.78, 5) is 26.9. The third-order valence-electron chi connectivity index (χ3n) is 5.67. The van der Waals surface area contributed by atoms with Crippen molar-refractivity contribution in [3.63, 3.8) is 0 Å². The van der Waals surface area contributed by atoms with Gasteiger partial charge in [-0.1, -0.05) is 12.1 Å². The summed E-state index contributed by atoms with van der Waals surface area (Å²) >= 11 is 0. The molecule has 0 spiro atoms. The Morgan fingerprint density at radius 2 is 2.03 bits per heavy atom. The van der Waals surface area contributed by atoms with E-state index in [4.69, 9.17) is 0 Å². The SMILES string of the molecule is CC(=O)N[C@H]1CCN(c2cc3c(NC(C)c4cccc(C(F)(F)F)c4)nc(C)nc3cn2)C1. The molecule has 0 aliphatic carbocycles. The Labute approximate surface area is 189 Å². The first kappa shape index (κ1) is 22.8. The fourth-order valence-electron chi connectivity index (χ4n) is 4.07. The van der Waals surface area contributed by atoms with Crippen LogP contribution in [0.3, 0.4) is 0 Å². The average Bonchev–Trinajstić information content (AvgIpc) is 3.20. The maximum absolute atomic E-state index is 13.1. The van der Waals surface area contributed by atoms with Gasteiger partial charge >= 0.3 is 6.18 Å². The predicted octanol–water partition coefficient (Wildman–Crippen LogP) is 4.24. The number of amides is 1. The van der Waals surface area contributed by atoms with Crippen molar-refractivity contribution >= 4 is 28.4 Å². The Morgan fingerprint density at radius 1 is 1.24 bits per heavy atom. The number of nitrogens with one attached hydrogen (secondary N) is 2. The number of carbonyl (C=O) groups excluding carboxylic acids is 1.